The minimum absolute atomic E-state index is 0.0354. The lowest BCUT2D eigenvalue weighted by Gasteiger charge is -2.41. The molecule has 0 aromatic rings. The molecule has 2 aliphatic rings. The number of likely N-dealkylation sites (N-methyl/N-ethyl adjacent to an activating group) is 3. The molecule has 4 atom stereocenters. The maximum Gasteiger partial charge on any atom is 0.249 e. The fourth-order valence-corrected chi connectivity index (χ4v) is 7.03. The Kier molecular flexibility index (Phi) is 15.9. The molecule has 0 aliphatic carbocycles. The van der Waals surface area contributed by atoms with Crippen molar-refractivity contribution in [2.24, 2.45) is 11.3 Å². The number of carbonyl (C=O) groups is 4. The zero-order valence-electron chi connectivity index (χ0n) is 31.9. The lowest BCUT2D eigenvalue weighted by atomic mass is 9.84. The summed E-state index contributed by atoms with van der Waals surface area (Å²) in [5.41, 5.74) is 0.0612. The molecule has 2 rings (SSSR count). The molecule has 4 amide bonds. The number of nitrogens with one attached hydrogen (secondary N) is 1. The van der Waals surface area contributed by atoms with Crippen molar-refractivity contribution in [2.75, 3.05) is 53.4 Å². The average Bonchev–Trinajstić information content (AvgIpc) is 3.48. The molecule has 10 nitrogen and oxygen atoms in total. The van der Waals surface area contributed by atoms with Crippen LogP contribution in [0.2, 0.25) is 0 Å². The molecule has 0 radical (unpaired) electrons. The third kappa shape index (κ3) is 11.3. The average molecular weight is 661 g/mol. The number of carbonyl (C=O) groups excluding carboxylic acids is 4. The molecule has 2 fully saturated rings. The molecular weight excluding hydrogens is 592 g/mol. The highest BCUT2D eigenvalue weighted by Crippen LogP contribution is 2.27. The lowest BCUT2D eigenvalue weighted by Crippen LogP contribution is -2.60. The van der Waals surface area contributed by atoms with Crippen LogP contribution < -0.4 is 5.32 Å². The van der Waals surface area contributed by atoms with Crippen molar-refractivity contribution in [3.8, 4) is 0 Å². The van der Waals surface area contributed by atoms with Gasteiger partial charge in [-0.1, -0.05) is 61.0 Å². The molecule has 2 aliphatic heterocycles. The van der Waals surface area contributed by atoms with Gasteiger partial charge in [0.15, 0.2) is 0 Å². The Balaban J connectivity index is 2.18. The maximum atomic E-state index is 14.2. The molecule has 3 unspecified atom stereocenters. The van der Waals surface area contributed by atoms with Gasteiger partial charge in [0.2, 0.25) is 23.6 Å². The minimum Gasteiger partial charge on any atom is -0.344 e. The van der Waals surface area contributed by atoms with Crippen LogP contribution in [0.25, 0.3) is 0 Å². The van der Waals surface area contributed by atoms with Crippen molar-refractivity contribution in [1.82, 2.24) is 29.8 Å². The highest BCUT2D eigenvalue weighted by Gasteiger charge is 2.40. The second kappa shape index (κ2) is 18.3. The lowest BCUT2D eigenvalue weighted by molar-refractivity contribution is -0.142. The Morgan fingerprint density at radius 2 is 1.55 bits per heavy atom. The molecule has 0 aromatic carbocycles. The highest BCUT2D eigenvalue weighted by molar-refractivity contribution is 5.94. The summed E-state index contributed by atoms with van der Waals surface area (Å²) >= 11 is 0. The largest absolute Gasteiger partial charge is 0.344 e. The van der Waals surface area contributed by atoms with Gasteiger partial charge in [0.25, 0.3) is 0 Å². The first-order valence-electron chi connectivity index (χ1n) is 18.2. The van der Waals surface area contributed by atoms with Crippen LogP contribution in [0.3, 0.4) is 0 Å². The van der Waals surface area contributed by atoms with E-state index < -0.39 is 11.5 Å². The summed E-state index contributed by atoms with van der Waals surface area (Å²) < 4.78 is 0. The predicted molar refractivity (Wildman–Crippen MR) is 191 cm³/mol. The third-order valence-corrected chi connectivity index (χ3v) is 10.3. The smallest absolute Gasteiger partial charge is 0.249 e. The van der Waals surface area contributed by atoms with Gasteiger partial charge >= 0.3 is 0 Å². The van der Waals surface area contributed by atoms with Gasteiger partial charge in [-0.15, -0.1) is 0 Å². The molecular formula is C37H68N6O4. The van der Waals surface area contributed by atoms with Crippen LogP contribution in [0.1, 0.15) is 108 Å². The summed E-state index contributed by atoms with van der Waals surface area (Å²) in [6, 6.07) is -1.18. The Bertz CT molecular complexity index is 1080. The molecule has 0 spiro atoms. The van der Waals surface area contributed by atoms with E-state index in [1.807, 2.05) is 59.6 Å². The normalized spacial score (nSPS) is 20.9. The van der Waals surface area contributed by atoms with Crippen LogP contribution in [-0.4, -0.2) is 132 Å². The molecule has 2 saturated heterocycles. The molecule has 0 saturated carbocycles. The van der Waals surface area contributed by atoms with Gasteiger partial charge in [-0.3, -0.25) is 24.1 Å². The van der Waals surface area contributed by atoms with Gasteiger partial charge in [0.1, 0.15) is 6.04 Å². The summed E-state index contributed by atoms with van der Waals surface area (Å²) in [4.78, 5) is 64.6. The molecule has 10 heteroatoms. The van der Waals surface area contributed by atoms with E-state index in [0.29, 0.717) is 25.1 Å². The summed E-state index contributed by atoms with van der Waals surface area (Å²) in [5, 5.41) is 3.16. The number of nitrogens with zero attached hydrogens (tertiary/aromatic N) is 5. The number of likely N-dealkylation sites (tertiary alicyclic amines) is 2. The van der Waals surface area contributed by atoms with Crippen LogP contribution in [0, 0.1) is 11.3 Å². The van der Waals surface area contributed by atoms with Gasteiger partial charge in [-0.2, -0.15) is 0 Å². The number of hydrogen-bond donors (Lipinski definition) is 1. The number of rotatable bonds is 15. The van der Waals surface area contributed by atoms with E-state index in [9.17, 15) is 19.2 Å². The number of piperidine rings is 1. The first kappa shape index (κ1) is 40.7. The molecule has 270 valence electrons. The monoisotopic (exact) mass is 661 g/mol. The zero-order valence-corrected chi connectivity index (χ0v) is 31.9. The van der Waals surface area contributed by atoms with E-state index in [1.165, 1.54) is 0 Å². The highest BCUT2D eigenvalue weighted by atomic mass is 16.2. The van der Waals surface area contributed by atoms with Gasteiger partial charge in [-0.05, 0) is 77.4 Å². The van der Waals surface area contributed by atoms with Crippen molar-refractivity contribution in [1.29, 1.82) is 0 Å². The van der Waals surface area contributed by atoms with Crippen molar-refractivity contribution in [3.05, 3.63) is 11.6 Å². The first-order chi connectivity index (χ1) is 21.9. The second-order valence-electron chi connectivity index (χ2n) is 15.5. The van der Waals surface area contributed by atoms with E-state index in [1.54, 1.807) is 16.8 Å². The molecule has 1 N–H and O–H groups in total. The standard InChI is InChI=1S/C37H68N6O4/c1-13-41(14-2)23-22-39(11)32(44)25-29-18-17-21-43(29)35(46)28(7)24-31(26(3)4)40(12)36(47)33(37(8,9)10)38-34(45)30-19-15-16-20-42(30)27(5)6/h24,26-27,29-31,33H,13-23,25H2,1-12H3,(H,38,45)/b28-24+/t29?,30?,31-,33?/m1/s1. The molecule has 0 aromatic heterocycles. The fraction of sp³-hybridized carbons (Fsp3) is 0.838. The summed E-state index contributed by atoms with van der Waals surface area (Å²) in [6.07, 6.45) is 6.78. The summed E-state index contributed by atoms with van der Waals surface area (Å²) in [5.74, 6) is -0.229. The van der Waals surface area contributed by atoms with Gasteiger partial charge in [0, 0.05) is 57.8 Å². The van der Waals surface area contributed by atoms with E-state index in [-0.39, 0.29) is 53.7 Å². The van der Waals surface area contributed by atoms with Crippen molar-refractivity contribution < 1.29 is 19.2 Å². The van der Waals surface area contributed by atoms with Gasteiger partial charge < -0.3 is 24.9 Å². The zero-order chi connectivity index (χ0) is 35.6. The van der Waals surface area contributed by atoms with Crippen LogP contribution in [0.4, 0.5) is 0 Å². The fourth-order valence-electron chi connectivity index (χ4n) is 7.03. The summed E-state index contributed by atoms with van der Waals surface area (Å²) in [7, 11) is 3.62. The van der Waals surface area contributed by atoms with Crippen LogP contribution >= 0.6 is 0 Å². The molecule has 0 bridgehead atoms. The van der Waals surface area contributed by atoms with Crippen LogP contribution in [0.15, 0.2) is 11.6 Å². The molecule has 47 heavy (non-hydrogen) atoms. The van der Waals surface area contributed by atoms with Gasteiger partial charge in [0.05, 0.1) is 12.1 Å². The van der Waals surface area contributed by atoms with E-state index in [2.05, 4.69) is 42.8 Å². The second-order valence-corrected chi connectivity index (χ2v) is 15.5. The van der Waals surface area contributed by atoms with E-state index >= 15 is 0 Å². The topological polar surface area (TPSA) is 96.5 Å². The van der Waals surface area contributed by atoms with E-state index in [4.69, 9.17) is 0 Å². The van der Waals surface area contributed by atoms with Crippen molar-refractivity contribution in [2.45, 2.75) is 138 Å². The first-order valence-corrected chi connectivity index (χ1v) is 18.2. The predicted octanol–water partition coefficient (Wildman–Crippen LogP) is 4.39. The van der Waals surface area contributed by atoms with Crippen LogP contribution in [-0.2, 0) is 19.2 Å². The third-order valence-electron chi connectivity index (χ3n) is 10.3. The van der Waals surface area contributed by atoms with E-state index in [0.717, 1.165) is 58.3 Å². The minimum atomic E-state index is -0.714. The quantitative estimate of drug-likeness (QED) is 0.262. The Morgan fingerprint density at radius 3 is 2.11 bits per heavy atom. The number of hydrogen-bond acceptors (Lipinski definition) is 6. The van der Waals surface area contributed by atoms with Crippen LogP contribution in [0.5, 0.6) is 0 Å². The van der Waals surface area contributed by atoms with Crippen molar-refractivity contribution in [3.63, 3.8) is 0 Å². The Labute approximate surface area is 286 Å². The van der Waals surface area contributed by atoms with Crippen molar-refractivity contribution >= 4 is 23.6 Å². The van der Waals surface area contributed by atoms with Gasteiger partial charge in [-0.25, -0.2) is 0 Å². The Hall–Kier alpha value is -2.46. The number of amides is 4. The molecule has 2 heterocycles. The summed E-state index contributed by atoms with van der Waals surface area (Å²) in [6.45, 7) is 25.3. The SMILES string of the molecule is CCN(CC)CCN(C)C(=O)CC1CCCN1C(=O)/C(C)=C/[C@H](C(C)C)N(C)C(=O)C(NC(=O)C1CCCCN1C(C)C)C(C)(C)C. The maximum absolute atomic E-state index is 14.2. The Morgan fingerprint density at radius 1 is 0.915 bits per heavy atom.